The fourth-order valence-corrected chi connectivity index (χ4v) is 2.84. The summed E-state index contributed by atoms with van der Waals surface area (Å²) in [6.45, 7) is 10.0. The largest absolute Gasteiger partial charge is 0.496 e. The molecular weight excluding hydrogens is 286 g/mol. The van der Waals surface area contributed by atoms with Crippen LogP contribution in [-0.2, 0) is 4.28 Å². The minimum absolute atomic E-state index is 0.878. The maximum absolute atomic E-state index is 5.58. The fraction of sp³-hybridized carbons (Fsp3) is 0.400. The van der Waals surface area contributed by atoms with Gasteiger partial charge in [-0.15, -0.1) is 0 Å². The molecule has 0 saturated carbocycles. The molecule has 5 nitrogen and oxygen atoms in total. The quantitative estimate of drug-likeness (QED) is 0.645. The lowest BCUT2D eigenvalue weighted by Crippen LogP contribution is -1.99. The zero-order chi connectivity index (χ0) is 15.6. The summed E-state index contributed by atoms with van der Waals surface area (Å²) in [6, 6.07) is 2.03. The van der Waals surface area contributed by atoms with Crippen LogP contribution in [0.3, 0.4) is 0 Å². The van der Waals surface area contributed by atoms with Gasteiger partial charge in [-0.25, -0.2) is 0 Å². The number of benzene rings is 1. The Morgan fingerprint density at radius 2 is 1.86 bits per heavy atom. The van der Waals surface area contributed by atoms with Crippen LogP contribution < -0.4 is 10.2 Å². The molecule has 0 aliphatic heterocycles. The van der Waals surface area contributed by atoms with Crippen LogP contribution in [0, 0.1) is 34.6 Å². The van der Waals surface area contributed by atoms with Crippen molar-refractivity contribution >= 4 is 17.7 Å². The predicted molar refractivity (Wildman–Crippen MR) is 85.8 cm³/mol. The minimum Gasteiger partial charge on any atom is -0.496 e. The third-order valence-electron chi connectivity index (χ3n) is 3.60. The average Bonchev–Trinajstić information content (AvgIpc) is 2.77. The molecule has 1 aromatic carbocycles. The summed E-state index contributed by atoms with van der Waals surface area (Å²) in [4.78, 5) is 1.10. The molecule has 2 aromatic rings. The first kappa shape index (κ1) is 15.7. The van der Waals surface area contributed by atoms with Crippen LogP contribution in [0.15, 0.2) is 11.0 Å². The number of aromatic nitrogens is 2. The standard InChI is InChI=1S/C15H21N3O2S/c1-8-7-13(19-6)9(2)10(3)15(8)21-20-18-14-11(4)16-17-12(14)5/h7,18H,1-6H3,(H,16,17). The summed E-state index contributed by atoms with van der Waals surface area (Å²) in [7, 11) is 1.69. The molecular formula is C15H21N3O2S. The number of ether oxygens (including phenoxy) is 1. The van der Waals surface area contributed by atoms with Gasteiger partial charge in [-0.1, -0.05) is 0 Å². The molecule has 2 N–H and O–H groups in total. The number of hydrogen-bond donors (Lipinski definition) is 2. The molecule has 0 atom stereocenters. The van der Waals surface area contributed by atoms with Crippen molar-refractivity contribution in [2.75, 3.05) is 12.6 Å². The molecule has 1 aromatic heterocycles. The van der Waals surface area contributed by atoms with Gasteiger partial charge in [0.2, 0.25) is 0 Å². The van der Waals surface area contributed by atoms with E-state index >= 15 is 0 Å². The van der Waals surface area contributed by atoms with Gasteiger partial charge in [-0.3, -0.25) is 10.6 Å². The molecule has 0 aliphatic carbocycles. The first-order valence-corrected chi connectivity index (χ1v) is 7.45. The van der Waals surface area contributed by atoms with E-state index in [4.69, 9.17) is 9.02 Å². The SMILES string of the molecule is COc1cc(C)c(SONc2c(C)n[nH]c2C)c(C)c1C. The number of H-pyrrole nitrogens is 1. The molecule has 0 aliphatic rings. The summed E-state index contributed by atoms with van der Waals surface area (Å²) in [6.07, 6.45) is 0. The topological polar surface area (TPSA) is 59.2 Å². The van der Waals surface area contributed by atoms with Gasteiger partial charge in [0.15, 0.2) is 0 Å². The number of nitrogens with one attached hydrogen (secondary N) is 2. The Morgan fingerprint density at radius 1 is 1.14 bits per heavy atom. The number of aromatic amines is 1. The number of anilines is 1. The molecule has 0 spiro atoms. The molecule has 2 rings (SSSR count). The number of nitrogens with zero attached hydrogens (tertiary/aromatic N) is 1. The van der Waals surface area contributed by atoms with E-state index in [1.54, 1.807) is 7.11 Å². The Morgan fingerprint density at radius 3 is 2.43 bits per heavy atom. The zero-order valence-electron chi connectivity index (χ0n) is 13.2. The fourth-order valence-electron chi connectivity index (χ4n) is 2.17. The molecule has 114 valence electrons. The Balaban J connectivity index is 2.12. The lowest BCUT2D eigenvalue weighted by Gasteiger charge is -2.15. The number of aryl methyl sites for hydroxylation is 3. The van der Waals surface area contributed by atoms with Gasteiger partial charge in [0, 0.05) is 4.90 Å². The molecule has 0 bridgehead atoms. The third kappa shape index (κ3) is 3.16. The van der Waals surface area contributed by atoms with Crippen molar-refractivity contribution < 1.29 is 9.02 Å². The minimum atomic E-state index is 0.878. The highest BCUT2D eigenvalue weighted by atomic mass is 32.2. The summed E-state index contributed by atoms with van der Waals surface area (Å²) in [5, 5.41) is 7.03. The second-order valence-corrected chi connectivity index (χ2v) is 5.79. The Kier molecular flexibility index (Phi) is 4.80. The maximum Gasteiger partial charge on any atom is 0.122 e. The molecule has 0 amide bonds. The molecule has 21 heavy (non-hydrogen) atoms. The normalized spacial score (nSPS) is 10.8. The second kappa shape index (κ2) is 6.41. The Labute approximate surface area is 129 Å². The van der Waals surface area contributed by atoms with Crippen molar-refractivity contribution in [1.29, 1.82) is 0 Å². The Hall–Kier alpha value is -1.66. The monoisotopic (exact) mass is 307 g/mol. The molecule has 1 heterocycles. The van der Waals surface area contributed by atoms with Gasteiger partial charge in [0.1, 0.15) is 11.4 Å². The van der Waals surface area contributed by atoms with E-state index in [2.05, 4.69) is 36.4 Å². The van der Waals surface area contributed by atoms with Crippen LogP contribution in [0.5, 0.6) is 5.75 Å². The van der Waals surface area contributed by atoms with Crippen LogP contribution in [0.1, 0.15) is 28.1 Å². The molecule has 0 radical (unpaired) electrons. The van der Waals surface area contributed by atoms with Gasteiger partial charge in [-0.2, -0.15) is 9.38 Å². The Bertz CT molecular complexity index is 633. The van der Waals surface area contributed by atoms with Crippen LogP contribution in [0.2, 0.25) is 0 Å². The summed E-state index contributed by atoms with van der Waals surface area (Å²) in [5.74, 6) is 0.906. The van der Waals surface area contributed by atoms with Crippen molar-refractivity contribution in [2.45, 2.75) is 39.5 Å². The average molecular weight is 307 g/mol. The smallest absolute Gasteiger partial charge is 0.122 e. The van der Waals surface area contributed by atoms with E-state index in [0.717, 1.165) is 38.8 Å². The molecule has 0 unspecified atom stereocenters. The van der Waals surface area contributed by atoms with Crippen molar-refractivity contribution in [3.63, 3.8) is 0 Å². The van der Waals surface area contributed by atoms with Crippen molar-refractivity contribution in [3.05, 3.63) is 34.1 Å². The molecule has 0 fully saturated rings. The number of hydrogen-bond acceptors (Lipinski definition) is 5. The third-order valence-corrected chi connectivity index (χ3v) is 4.56. The van der Waals surface area contributed by atoms with Gasteiger partial charge < -0.3 is 4.74 Å². The van der Waals surface area contributed by atoms with E-state index in [1.165, 1.54) is 17.6 Å². The highest BCUT2D eigenvalue weighted by Crippen LogP contribution is 2.34. The maximum atomic E-state index is 5.58. The number of rotatable bonds is 5. The summed E-state index contributed by atoms with van der Waals surface area (Å²) in [5.41, 5.74) is 9.08. The predicted octanol–water partition coefficient (Wildman–Crippen LogP) is 4.01. The van der Waals surface area contributed by atoms with Crippen LogP contribution in [-0.4, -0.2) is 17.3 Å². The van der Waals surface area contributed by atoms with E-state index in [0.29, 0.717) is 0 Å². The lowest BCUT2D eigenvalue weighted by atomic mass is 10.1. The zero-order valence-corrected chi connectivity index (χ0v) is 14.1. The van der Waals surface area contributed by atoms with Gasteiger partial charge >= 0.3 is 0 Å². The van der Waals surface area contributed by atoms with Gasteiger partial charge in [0.25, 0.3) is 0 Å². The van der Waals surface area contributed by atoms with Crippen molar-refractivity contribution in [1.82, 2.24) is 10.2 Å². The van der Waals surface area contributed by atoms with Gasteiger partial charge in [-0.05, 0) is 57.4 Å². The lowest BCUT2D eigenvalue weighted by molar-refractivity contribution is 0.410. The number of methoxy groups -OCH3 is 1. The highest BCUT2D eigenvalue weighted by molar-refractivity contribution is 7.94. The van der Waals surface area contributed by atoms with Crippen LogP contribution in [0.4, 0.5) is 5.69 Å². The van der Waals surface area contributed by atoms with Crippen molar-refractivity contribution in [2.24, 2.45) is 0 Å². The second-order valence-electron chi connectivity index (χ2n) is 5.05. The molecule has 0 saturated heterocycles. The van der Waals surface area contributed by atoms with Crippen LogP contribution in [0.25, 0.3) is 0 Å². The summed E-state index contributed by atoms with van der Waals surface area (Å²) >= 11 is 1.31. The summed E-state index contributed by atoms with van der Waals surface area (Å²) < 4.78 is 11.0. The van der Waals surface area contributed by atoms with E-state index in [-0.39, 0.29) is 0 Å². The van der Waals surface area contributed by atoms with E-state index < -0.39 is 0 Å². The highest BCUT2D eigenvalue weighted by Gasteiger charge is 2.13. The van der Waals surface area contributed by atoms with Gasteiger partial charge in [0.05, 0.1) is 30.5 Å². The van der Waals surface area contributed by atoms with Crippen LogP contribution >= 0.6 is 12.0 Å². The first-order valence-electron chi connectivity index (χ1n) is 6.71. The molecule has 6 heteroatoms. The van der Waals surface area contributed by atoms with E-state index in [1.807, 2.05) is 19.9 Å². The van der Waals surface area contributed by atoms with Crippen molar-refractivity contribution in [3.8, 4) is 5.75 Å². The van der Waals surface area contributed by atoms with E-state index in [9.17, 15) is 0 Å². The first-order chi connectivity index (χ1) is 9.95.